The highest BCUT2D eigenvalue weighted by Crippen LogP contribution is 2.18. The maximum absolute atomic E-state index is 8.55. The second kappa shape index (κ2) is 7.70. The van der Waals surface area contributed by atoms with Gasteiger partial charge in [-0.05, 0) is 32.4 Å². The van der Waals surface area contributed by atoms with Gasteiger partial charge >= 0.3 is 0 Å². The van der Waals surface area contributed by atoms with E-state index in [0.29, 0.717) is 6.61 Å². The first-order valence-electron chi connectivity index (χ1n) is 5.09. The van der Waals surface area contributed by atoms with E-state index >= 15 is 0 Å². The number of ether oxygens (including phenoxy) is 1. The molecule has 0 saturated heterocycles. The van der Waals surface area contributed by atoms with Crippen LogP contribution >= 0.6 is 0 Å². The number of aryl methyl sites for hydroxylation is 2. The van der Waals surface area contributed by atoms with Crippen LogP contribution < -0.4 is 10.5 Å². The molecule has 0 aliphatic carbocycles. The van der Waals surface area contributed by atoms with Gasteiger partial charge < -0.3 is 15.6 Å². The third-order valence-electron chi connectivity index (χ3n) is 1.68. The normalized spacial score (nSPS) is 9.00. The molecule has 0 amide bonds. The molecular weight excluding hydrogens is 204 g/mol. The molecule has 4 nitrogen and oxygen atoms in total. The monoisotopic (exact) mass is 224 g/mol. The Balaban J connectivity index is 0.000000487. The molecule has 16 heavy (non-hydrogen) atoms. The number of hydrogen-bond donors (Lipinski definition) is 3. The highest BCUT2D eigenvalue weighted by molar-refractivity contribution is 5.73. The van der Waals surface area contributed by atoms with E-state index < -0.39 is 0 Å². The summed E-state index contributed by atoms with van der Waals surface area (Å²) in [6.07, 6.45) is 0. The Morgan fingerprint density at radius 2 is 2.00 bits per heavy atom. The summed E-state index contributed by atoms with van der Waals surface area (Å²) in [4.78, 5) is 0. The van der Waals surface area contributed by atoms with Crippen molar-refractivity contribution in [2.45, 2.75) is 20.8 Å². The standard InChI is InChI=1S/C10H14O2.C2H6N2/c1-8-3-4-10(9(2)7-8)12-6-5-11;1-2(3)4/h3-4,7,11H,5-6H2,1-2H3;1H3,(H3,3,4). The third-order valence-corrected chi connectivity index (χ3v) is 1.68. The molecule has 90 valence electrons. The number of nitrogens with one attached hydrogen (secondary N) is 1. The lowest BCUT2D eigenvalue weighted by atomic mass is 10.1. The summed E-state index contributed by atoms with van der Waals surface area (Å²) < 4.78 is 5.29. The molecule has 0 heterocycles. The summed E-state index contributed by atoms with van der Waals surface area (Å²) in [5.74, 6) is 1.02. The molecule has 0 atom stereocenters. The lowest BCUT2D eigenvalue weighted by Crippen LogP contribution is -2.02. The number of aliphatic hydroxyl groups is 1. The zero-order chi connectivity index (χ0) is 12.6. The van der Waals surface area contributed by atoms with Crippen molar-refractivity contribution < 1.29 is 9.84 Å². The topological polar surface area (TPSA) is 79.3 Å². The fraction of sp³-hybridized carbons (Fsp3) is 0.417. The molecule has 1 aromatic carbocycles. The van der Waals surface area contributed by atoms with Gasteiger partial charge in [0, 0.05) is 0 Å². The van der Waals surface area contributed by atoms with Crippen molar-refractivity contribution in [1.82, 2.24) is 0 Å². The minimum absolute atomic E-state index is 0.0628. The molecule has 0 unspecified atom stereocenters. The molecule has 0 saturated carbocycles. The molecule has 0 aromatic heterocycles. The van der Waals surface area contributed by atoms with Crippen LogP contribution in [0.4, 0.5) is 0 Å². The van der Waals surface area contributed by atoms with E-state index in [9.17, 15) is 0 Å². The highest BCUT2D eigenvalue weighted by Gasteiger charge is 1.97. The number of nitrogens with two attached hydrogens (primary N) is 1. The van der Waals surface area contributed by atoms with Crippen LogP contribution in [0.2, 0.25) is 0 Å². The van der Waals surface area contributed by atoms with Crippen LogP contribution in [0, 0.1) is 19.3 Å². The number of amidine groups is 1. The Morgan fingerprint density at radius 3 is 2.44 bits per heavy atom. The molecule has 0 radical (unpaired) electrons. The number of benzene rings is 1. The molecule has 4 N–H and O–H groups in total. The summed E-state index contributed by atoms with van der Waals surface area (Å²) >= 11 is 0. The van der Waals surface area contributed by atoms with Crippen molar-refractivity contribution in [2.24, 2.45) is 5.73 Å². The predicted molar refractivity (Wildman–Crippen MR) is 66.1 cm³/mol. The van der Waals surface area contributed by atoms with Crippen molar-refractivity contribution in [3.05, 3.63) is 29.3 Å². The van der Waals surface area contributed by atoms with Crippen LogP contribution in [-0.2, 0) is 0 Å². The Bertz CT molecular complexity index is 334. The lowest BCUT2D eigenvalue weighted by Gasteiger charge is -2.07. The zero-order valence-corrected chi connectivity index (χ0v) is 10.1. The molecule has 1 rings (SSSR count). The number of hydrogen-bond acceptors (Lipinski definition) is 3. The molecule has 4 heteroatoms. The van der Waals surface area contributed by atoms with Gasteiger partial charge in [-0.3, -0.25) is 5.41 Å². The summed E-state index contributed by atoms with van der Waals surface area (Å²) in [7, 11) is 0. The predicted octanol–water partition coefficient (Wildman–Crippen LogP) is 1.62. The largest absolute Gasteiger partial charge is 0.491 e. The van der Waals surface area contributed by atoms with E-state index in [0.717, 1.165) is 11.3 Å². The maximum Gasteiger partial charge on any atom is 0.122 e. The Morgan fingerprint density at radius 1 is 1.44 bits per heavy atom. The summed E-state index contributed by atoms with van der Waals surface area (Å²) in [5, 5.41) is 14.8. The van der Waals surface area contributed by atoms with E-state index in [1.165, 1.54) is 12.5 Å². The fourth-order valence-corrected chi connectivity index (χ4v) is 1.12. The molecular formula is C12H20N2O2. The summed E-state index contributed by atoms with van der Waals surface area (Å²) in [5.41, 5.74) is 7.03. The minimum Gasteiger partial charge on any atom is -0.491 e. The second-order valence-electron chi connectivity index (χ2n) is 3.52. The molecule has 0 aliphatic heterocycles. The van der Waals surface area contributed by atoms with Gasteiger partial charge in [0.25, 0.3) is 0 Å². The number of aliphatic hydroxyl groups excluding tert-OH is 1. The van der Waals surface area contributed by atoms with E-state index in [1.807, 2.05) is 26.0 Å². The van der Waals surface area contributed by atoms with Gasteiger partial charge in [-0.1, -0.05) is 17.7 Å². The second-order valence-corrected chi connectivity index (χ2v) is 3.52. The smallest absolute Gasteiger partial charge is 0.122 e. The van der Waals surface area contributed by atoms with E-state index in [-0.39, 0.29) is 12.4 Å². The van der Waals surface area contributed by atoms with Crippen LogP contribution in [0.25, 0.3) is 0 Å². The number of rotatable bonds is 3. The SMILES string of the molecule is CC(=N)N.Cc1ccc(OCCO)c(C)c1. The molecule has 0 aliphatic rings. The van der Waals surface area contributed by atoms with Gasteiger partial charge in [0.15, 0.2) is 0 Å². The van der Waals surface area contributed by atoms with E-state index in [2.05, 4.69) is 6.07 Å². The van der Waals surface area contributed by atoms with Crippen molar-refractivity contribution in [2.75, 3.05) is 13.2 Å². The van der Waals surface area contributed by atoms with Gasteiger partial charge in [0.05, 0.1) is 12.4 Å². The van der Waals surface area contributed by atoms with E-state index in [4.69, 9.17) is 21.0 Å². The van der Waals surface area contributed by atoms with Crippen molar-refractivity contribution in [3.63, 3.8) is 0 Å². The Kier molecular flexibility index (Phi) is 6.96. The quantitative estimate of drug-likeness (QED) is 0.539. The first-order chi connectivity index (χ1) is 7.47. The van der Waals surface area contributed by atoms with Gasteiger partial charge in [-0.2, -0.15) is 0 Å². The van der Waals surface area contributed by atoms with Crippen molar-refractivity contribution in [1.29, 1.82) is 5.41 Å². The summed E-state index contributed by atoms with van der Waals surface area (Å²) in [6.45, 7) is 6.00. The molecule has 0 spiro atoms. The average Bonchev–Trinajstić information content (AvgIpc) is 2.15. The Hall–Kier alpha value is -1.55. The third kappa shape index (κ3) is 6.84. The minimum atomic E-state index is 0.0628. The average molecular weight is 224 g/mol. The van der Waals surface area contributed by atoms with E-state index in [1.54, 1.807) is 0 Å². The van der Waals surface area contributed by atoms with Crippen LogP contribution in [0.15, 0.2) is 18.2 Å². The maximum atomic E-state index is 8.55. The van der Waals surface area contributed by atoms with Crippen molar-refractivity contribution >= 4 is 5.84 Å². The highest BCUT2D eigenvalue weighted by atomic mass is 16.5. The van der Waals surface area contributed by atoms with Gasteiger partial charge in [0.2, 0.25) is 0 Å². The Labute approximate surface area is 96.6 Å². The lowest BCUT2D eigenvalue weighted by molar-refractivity contribution is 0.200. The first kappa shape index (κ1) is 14.5. The van der Waals surface area contributed by atoms with Gasteiger partial charge in [-0.15, -0.1) is 0 Å². The molecule has 0 bridgehead atoms. The van der Waals surface area contributed by atoms with Crippen LogP contribution in [-0.4, -0.2) is 24.2 Å². The van der Waals surface area contributed by atoms with Crippen molar-refractivity contribution in [3.8, 4) is 5.75 Å². The molecule has 0 fully saturated rings. The van der Waals surface area contributed by atoms with Crippen LogP contribution in [0.3, 0.4) is 0 Å². The van der Waals surface area contributed by atoms with Crippen LogP contribution in [0.1, 0.15) is 18.1 Å². The van der Waals surface area contributed by atoms with Gasteiger partial charge in [-0.25, -0.2) is 0 Å². The first-order valence-corrected chi connectivity index (χ1v) is 5.09. The zero-order valence-electron chi connectivity index (χ0n) is 10.1. The van der Waals surface area contributed by atoms with Gasteiger partial charge in [0.1, 0.15) is 12.4 Å². The van der Waals surface area contributed by atoms with Crippen LogP contribution in [0.5, 0.6) is 5.75 Å². The summed E-state index contributed by atoms with van der Waals surface area (Å²) in [6, 6.07) is 5.99. The fourth-order valence-electron chi connectivity index (χ4n) is 1.12. The molecule has 1 aromatic rings.